The second-order valence-corrected chi connectivity index (χ2v) is 8.88. The molecule has 0 radical (unpaired) electrons. The van der Waals surface area contributed by atoms with Crippen molar-refractivity contribution < 1.29 is 14.6 Å². The standard InChI is InChI=1S/C26H31N5O3/c1-3-31-20(12-18-4-5-19(24(28)29)13-23(18)31)14-22(25(32)33)17-6-8-21(9-7-17)34-26(16(2)27)10-11-30-15-26/h4-9,12-13,22,27,30H,3,10-11,14-15H2,1-2H3,(H3,28,29)(H,32,33)/t22?,26-/m0/s1. The van der Waals surface area contributed by atoms with Gasteiger partial charge in [-0.3, -0.25) is 10.2 Å². The van der Waals surface area contributed by atoms with Crippen LogP contribution in [0.1, 0.15) is 43.0 Å². The van der Waals surface area contributed by atoms with Crippen LogP contribution in [0.25, 0.3) is 10.9 Å². The average Bonchev–Trinajstić information content (AvgIpc) is 3.42. The molecule has 2 aromatic carbocycles. The van der Waals surface area contributed by atoms with Gasteiger partial charge >= 0.3 is 5.97 Å². The van der Waals surface area contributed by atoms with E-state index in [0.29, 0.717) is 42.1 Å². The van der Waals surface area contributed by atoms with Gasteiger partial charge in [0, 0.05) is 42.7 Å². The number of hydrogen-bond acceptors (Lipinski definition) is 5. The Hall–Kier alpha value is -3.65. The predicted molar refractivity (Wildman–Crippen MR) is 133 cm³/mol. The molecule has 1 aliphatic heterocycles. The van der Waals surface area contributed by atoms with Crippen LogP contribution in [0.3, 0.4) is 0 Å². The Bertz CT molecular complexity index is 1240. The van der Waals surface area contributed by atoms with E-state index in [-0.39, 0.29) is 5.84 Å². The minimum absolute atomic E-state index is 0.00593. The zero-order chi connectivity index (χ0) is 24.5. The molecule has 34 heavy (non-hydrogen) atoms. The summed E-state index contributed by atoms with van der Waals surface area (Å²) in [6.07, 6.45) is 1.07. The van der Waals surface area contributed by atoms with Gasteiger partial charge in [-0.15, -0.1) is 0 Å². The van der Waals surface area contributed by atoms with Crippen LogP contribution >= 0.6 is 0 Å². The molecule has 1 fully saturated rings. The molecule has 2 atom stereocenters. The van der Waals surface area contributed by atoms with Gasteiger partial charge in [0.25, 0.3) is 0 Å². The number of aryl methyl sites for hydroxylation is 1. The Morgan fingerprint density at radius 2 is 1.97 bits per heavy atom. The summed E-state index contributed by atoms with van der Waals surface area (Å²) in [4.78, 5) is 12.2. The Morgan fingerprint density at radius 3 is 2.53 bits per heavy atom. The molecule has 8 heteroatoms. The van der Waals surface area contributed by atoms with Crippen molar-refractivity contribution in [1.82, 2.24) is 9.88 Å². The summed E-state index contributed by atoms with van der Waals surface area (Å²) < 4.78 is 8.26. The van der Waals surface area contributed by atoms with Gasteiger partial charge in [0.2, 0.25) is 0 Å². The van der Waals surface area contributed by atoms with Crippen LogP contribution in [0, 0.1) is 10.8 Å². The topological polar surface area (TPSA) is 137 Å². The normalized spacial score (nSPS) is 18.6. The summed E-state index contributed by atoms with van der Waals surface area (Å²) in [5.74, 6) is -0.977. The number of ether oxygens (including phenoxy) is 1. The summed E-state index contributed by atoms with van der Waals surface area (Å²) in [6.45, 7) is 5.85. The van der Waals surface area contributed by atoms with E-state index in [4.69, 9.17) is 21.3 Å². The Labute approximate surface area is 198 Å². The minimum atomic E-state index is -0.891. The number of nitrogen functional groups attached to an aromatic ring is 1. The van der Waals surface area contributed by atoms with Gasteiger partial charge in [0.05, 0.1) is 11.6 Å². The molecule has 8 nitrogen and oxygen atoms in total. The van der Waals surface area contributed by atoms with E-state index in [0.717, 1.165) is 29.6 Å². The summed E-state index contributed by atoms with van der Waals surface area (Å²) in [5.41, 5.74) is 8.69. The number of aromatic nitrogens is 1. The van der Waals surface area contributed by atoms with Crippen molar-refractivity contribution in [3.63, 3.8) is 0 Å². The SMILES string of the molecule is CCn1c(CC(C(=O)O)c2ccc(O[C@@]3(C(C)=N)CCNC3)cc2)cc2ccc(C(=N)N)cc21. The fourth-order valence-electron chi connectivity index (χ4n) is 4.73. The molecular weight excluding hydrogens is 430 g/mol. The number of benzene rings is 2. The lowest BCUT2D eigenvalue weighted by Gasteiger charge is -2.29. The molecule has 2 heterocycles. The molecule has 3 aromatic rings. The lowest BCUT2D eigenvalue weighted by atomic mass is 9.93. The minimum Gasteiger partial charge on any atom is -0.481 e. The first-order valence-corrected chi connectivity index (χ1v) is 11.5. The number of nitrogens with two attached hydrogens (primary N) is 1. The maximum Gasteiger partial charge on any atom is 0.311 e. The van der Waals surface area contributed by atoms with Gasteiger partial charge in [-0.25, -0.2) is 0 Å². The maximum absolute atomic E-state index is 12.2. The summed E-state index contributed by atoms with van der Waals surface area (Å²) >= 11 is 0. The van der Waals surface area contributed by atoms with E-state index in [1.54, 1.807) is 31.2 Å². The third kappa shape index (κ3) is 4.41. The van der Waals surface area contributed by atoms with Crippen molar-refractivity contribution in [3.8, 4) is 5.75 Å². The Morgan fingerprint density at radius 1 is 1.24 bits per heavy atom. The predicted octanol–water partition coefficient (Wildman–Crippen LogP) is 3.51. The van der Waals surface area contributed by atoms with Crippen LogP contribution in [-0.4, -0.2) is 45.9 Å². The highest BCUT2D eigenvalue weighted by Gasteiger charge is 2.38. The second-order valence-electron chi connectivity index (χ2n) is 8.88. The molecule has 1 aromatic heterocycles. The molecule has 1 unspecified atom stereocenters. The molecule has 0 aliphatic carbocycles. The number of amidine groups is 1. The highest BCUT2D eigenvalue weighted by Crippen LogP contribution is 2.30. The maximum atomic E-state index is 12.2. The third-order valence-electron chi connectivity index (χ3n) is 6.72. The largest absolute Gasteiger partial charge is 0.481 e. The first-order valence-electron chi connectivity index (χ1n) is 11.5. The number of carbonyl (C=O) groups is 1. The quantitative estimate of drug-likeness (QED) is 0.245. The highest BCUT2D eigenvalue weighted by molar-refractivity contribution is 5.98. The number of aliphatic carboxylic acids is 1. The molecule has 0 bridgehead atoms. The first kappa shape index (κ1) is 23.5. The molecule has 6 N–H and O–H groups in total. The number of nitrogens with zero attached hydrogens (tertiary/aromatic N) is 1. The summed E-state index contributed by atoms with van der Waals surface area (Å²) in [6, 6.07) is 14.8. The molecule has 178 valence electrons. The smallest absolute Gasteiger partial charge is 0.311 e. The molecular formula is C26H31N5O3. The molecule has 1 saturated heterocycles. The van der Waals surface area contributed by atoms with Crippen molar-refractivity contribution in [2.45, 2.75) is 44.8 Å². The second kappa shape index (κ2) is 9.30. The van der Waals surface area contributed by atoms with Crippen LogP contribution in [0.15, 0.2) is 48.5 Å². The number of hydrogen-bond donors (Lipinski definition) is 5. The van der Waals surface area contributed by atoms with Gasteiger partial charge in [0.1, 0.15) is 11.6 Å². The Kier molecular flexibility index (Phi) is 6.43. The van der Waals surface area contributed by atoms with Crippen molar-refractivity contribution in [3.05, 3.63) is 65.4 Å². The van der Waals surface area contributed by atoms with Crippen LogP contribution in [0.2, 0.25) is 0 Å². The summed E-state index contributed by atoms with van der Waals surface area (Å²) in [7, 11) is 0. The van der Waals surface area contributed by atoms with Gasteiger partial charge in [0.15, 0.2) is 5.60 Å². The zero-order valence-corrected chi connectivity index (χ0v) is 19.5. The van der Waals surface area contributed by atoms with E-state index in [2.05, 4.69) is 9.88 Å². The van der Waals surface area contributed by atoms with Crippen molar-refractivity contribution in [1.29, 1.82) is 10.8 Å². The Balaban J connectivity index is 1.61. The van der Waals surface area contributed by atoms with Crippen molar-refractivity contribution in [2.24, 2.45) is 5.73 Å². The fraction of sp³-hybridized carbons (Fsp3) is 0.346. The number of carboxylic acids is 1. The molecule has 0 amide bonds. The molecule has 4 rings (SSSR count). The number of carboxylic acid groups (broad SMARTS) is 1. The molecule has 1 aliphatic rings. The van der Waals surface area contributed by atoms with Crippen LogP contribution in [0.4, 0.5) is 0 Å². The lowest BCUT2D eigenvalue weighted by Crippen LogP contribution is -2.44. The van der Waals surface area contributed by atoms with E-state index < -0.39 is 17.5 Å². The van der Waals surface area contributed by atoms with E-state index in [1.165, 1.54) is 0 Å². The zero-order valence-electron chi connectivity index (χ0n) is 19.5. The average molecular weight is 462 g/mol. The van der Waals surface area contributed by atoms with Crippen LogP contribution in [0.5, 0.6) is 5.75 Å². The lowest BCUT2D eigenvalue weighted by molar-refractivity contribution is -0.138. The van der Waals surface area contributed by atoms with E-state index >= 15 is 0 Å². The highest BCUT2D eigenvalue weighted by atomic mass is 16.5. The van der Waals surface area contributed by atoms with E-state index in [9.17, 15) is 9.90 Å². The number of rotatable bonds is 9. The van der Waals surface area contributed by atoms with E-state index in [1.807, 2.05) is 31.2 Å². The number of fused-ring (bicyclic) bond motifs is 1. The van der Waals surface area contributed by atoms with Crippen molar-refractivity contribution in [2.75, 3.05) is 13.1 Å². The first-order chi connectivity index (χ1) is 16.2. The summed E-state index contributed by atoms with van der Waals surface area (Å²) in [5, 5.41) is 30.1. The monoisotopic (exact) mass is 461 g/mol. The van der Waals surface area contributed by atoms with Gasteiger partial charge in [-0.05, 0) is 55.6 Å². The van der Waals surface area contributed by atoms with Gasteiger partial charge in [-0.2, -0.15) is 0 Å². The number of nitrogens with one attached hydrogen (secondary N) is 3. The molecule has 0 saturated carbocycles. The fourth-order valence-corrected chi connectivity index (χ4v) is 4.73. The van der Waals surface area contributed by atoms with Crippen molar-refractivity contribution >= 4 is 28.4 Å². The van der Waals surface area contributed by atoms with Gasteiger partial charge < -0.3 is 30.9 Å². The van der Waals surface area contributed by atoms with Gasteiger partial charge in [-0.1, -0.05) is 24.3 Å². The third-order valence-corrected chi connectivity index (χ3v) is 6.72. The van der Waals surface area contributed by atoms with Crippen LogP contribution < -0.4 is 15.8 Å². The van der Waals surface area contributed by atoms with Crippen LogP contribution in [-0.2, 0) is 17.8 Å². The molecule has 0 spiro atoms.